The number of nitrogens with zero attached hydrogens (tertiary/aromatic N) is 2. The van der Waals surface area contributed by atoms with Crippen molar-refractivity contribution in [1.82, 2.24) is 9.97 Å². The van der Waals surface area contributed by atoms with E-state index in [-0.39, 0.29) is 11.1 Å². The summed E-state index contributed by atoms with van der Waals surface area (Å²) in [5.74, 6) is 0. The number of alkyl halides is 3. The van der Waals surface area contributed by atoms with Crippen molar-refractivity contribution >= 4 is 0 Å². The van der Waals surface area contributed by atoms with E-state index >= 15 is 0 Å². The molecule has 0 amide bonds. The first-order valence-electron chi connectivity index (χ1n) is 8.48. The van der Waals surface area contributed by atoms with Gasteiger partial charge in [0.2, 0.25) is 5.60 Å². The molecule has 3 nitrogen and oxygen atoms in total. The summed E-state index contributed by atoms with van der Waals surface area (Å²) in [5.41, 5.74) is 0.753. The van der Waals surface area contributed by atoms with Crippen LogP contribution >= 0.6 is 0 Å². The van der Waals surface area contributed by atoms with Crippen molar-refractivity contribution in [1.29, 1.82) is 0 Å². The normalized spacial score (nSPS) is 18.3. The zero-order valence-electron chi connectivity index (χ0n) is 15.0. The van der Waals surface area contributed by atoms with Gasteiger partial charge >= 0.3 is 6.18 Å². The predicted molar refractivity (Wildman–Crippen MR) is 96.2 cm³/mol. The van der Waals surface area contributed by atoms with E-state index in [9.17, 15) is 18.3 Å². The maximum Gasteiger partial charge on any atom is 0.425 e. The number of hydrogen-bond acceptors (Lipinski definition) is 3. The Bertz CT molecular complexity index is 1060. The molecule has 1 atom stereocenters. The summed E-state index contributed by atoms with van der Waals surface area (Å²) >= 11 is 0. The Balaban J connectivity index is 2.24. The monoisotopic (exact) mass is 370 g/mol. The van der Waals surface area contributed by atoms with Gasteiger partial charge < -0.3 is 5.11 Å². The third-order valence-electron chi connectivity index (χ3n) is 5.58. The maximum atomic E-state index is 14.2. The fourth-order valence-corrected chi connectivity index (χ4v) is 4.11. The molecule has 0 aliphatic heterocycles. The lowest BCUT2D eigenvalue weighted by atomic mass is 9.81. The van der Waals surface area contributed by atoms with E-state index in [1.165, 1.54) is 18.5 Å². The molecule has 1 aromatic heterocycles. The van der Waals surface area contributed by atoms with Crippen LogP contribution in [0, 0.1) is 20.8 Å². The summed E-state index contributed by atoms with van der Waals surface area (Å²) in [7, 11) is 0. The summed E-state index contributed by atoms with van der Waals surface area (Å²) in [6, 6.07) is 6.17. The topological polar surface area (TPSA) is 46.0 Å². The lowest BCUT2D eigenvalue weighted by Crippen LogP contribution is -2.42. The molecule has 6 heteroatoms. The van der Waals surface area contributed by atoms with Crippen LogP contribution in [0.15, 0.2) is 43.0 Å². The van der Waals surface area contributed by atoms with Crippen LogP contribution in [0.3, 0.4) is 0 Å². The maximum absolute atomic E-state index is 14.2. The summed E-state index contributed by atoms with van der Waals surface area (Å²) in [6.45, 7) is 5.28. The van der Waals surface area contributed by atoms with Crippen molar-refractivity contribution in [3.8, 4) is 22.3 Å². The van der Waals surface area contributed by atoms with Crippen molar-refractivity contribution in [3.63, 3.8) is 0 Å². The number of aliphatic hydroxyl groups is 1. The standard InChI is InChI=1S/C21H17F3N2O/c1-11-12(2)17(14-8-25-10-26-9-14)18-15-6-4-5-7-16(15)20(27,21(22,23)24)19(18)13(11)3/h4-10,27H,1-3H3. The minimum atomic E-state index is -4.86. The number of fused-ring (bicyclic) bond motifs is 3. The Hall–Kier alpha value is -2.73. The number of aromatic nitrogens is 2. The van der Waals surface area contributed by atoms with Gasteiger partial charge in [0.15, 0.2) is 0 Å². The Kier molecular flexibility index (Phi) is 3.69. The first-order valence-corrected chi connectivity index (χ1v) is 8.48. The first kappa shape index (κ1) is 17.7. The predicted octanol–water partition coefficient (Wildman–Crippen LogP) is 4.85. The molecule has 0 bridgehead atoms. The Morgan fingerprint density at radius 2 is 1.52 bits per heavy atom. The van der Waals surface area contributed by atoms with E-state index in [4.69, 9.17) is 0 Å². The van der Waals surface area contributed by atoms with Gasteiger partial charge in [-0.05, 0) is 54.2 Å². The smallest absolute Gasteiger partial charge is 0.372 e. The van der Waals surface area contributed by atoms with Crippen LogP contribution in [0.4, 0.5) is 13.2 Å². The molecule has 1 aliphatic carbocycles. The second kappa shape index (κ2) is 5.63. The highest BCUT2D eigenvalue weighted by Crippen LogP contribution is 2.59. The van der Waals surface area contributed by atoms with E-state index in [2.05, 4.69) is 9.97 Å². The van der Waals surface area contributed by atoms with Crippen LogP contribution in [0.2, 0.25) is 0 Å². The molecule has 0 fully saturated rings. The average Bonchev–Trinajstić information content (AvgIpc) is 2.92. The average molecular weight is 370 g/mol. The first-order chi connectivity index (χ1) is 12.7. The van der Waals surface area contributed by atoms with Gasteiger partial charge in [-0.2, -0.15) is 13.2 Å². The van der Waals surface area contributed by atoms with Crippen molar-refractivity contribution in [2.45, 2.75) is 32.5 Å². The molecule has 1 N–H and O–H groups in total. The highest BCUT2D eigenvalue weighted by Gasteiger charge is 2.62. The molecule has 138 valence electrons. The molecular formula is C21H17F3N2O. The Morgan fingerprint density at radius 1 is 0.889 bits per heavy atom. The van der Waals surface area contributed by atoms with Gasteiger partial charge in [0, 0.05) is 29.1 Å². The van der Waals surface area contributed by atoms with E-state index < -0.39 is 11.8 Å². The third kappa shape index (κ3) is 2.19. The van der Waals surface area contributed by atoms with Crippen molar-refractivity contribution in [3.05, 3.63) is 70.8 Å². The van der Waals surface area contributed by atoms with Gasteiger partial charge in [-0.15, -0.1) is 0 Å². The van der Waals surface area contributed by atoms with E-state index in [0.717, 1.165) is 5.56 Å². The Morgan fingerprint density at radius 3 is 2.15 bits per heavy atom. The van der Waals surface area contributed by atoms with Crippen molar-refractivity contribution in [2.24, 2.45) is 0 Å². The van der Waals surface area contributed by atoms with Gasteiger partial charge in [0.05, 0.1) is 0 Å². The molecule has 1 aliphatic rings. The SMILES string of the molecule is Cc1c(C)c(-c2cncnc2)c2c(c1C)C(O)(C(F)(F)F)c1ccccc1-2. The highest BCUT2D eigenvalue weighted by molar-refractivity contribution is 5.95. The van der Waals surface area contributed by atoms with Crippen LogP contribution < -0.4 is 0 Å². The van der Waals surface area contributed by atoms with Gasteiger partial charge in [0.1, 0.15) is 6.33 Å². The summed E-state index contributed by atoms with van der Waals surface area (Å²) in [4.78, 5) is 8.05. The second-order valence-electron chi connectivity index (χ2n) is 6.88. The van der Waals surface area contributed by atoms with Crippen molar-refractivity contribution < 1.29 is 18.3 Å². The van der Waals surface area contributed by atoms with E-state index in [0.29, 0.717) is 33.4 Å². The Labute approximate surface area is 154 Å². The molecule has 1 unspecified atom stereocenters. The van der Waals surface area contributed by atoms with E-state index in [1.807, 2.05) is 6.92 Å². The molecule has 3 aromatic rings. The molecule has 0 saturated carbocycles. The van der Waals surface area contributed by atoms with Crippen LogP contribution in [0.5, 0.6) is 0 Å². The molecule has 0 radical (unpaired) electrons. The molecule has 0 spiro atoms. The van der Waals surface area contributed by atoms with E-state index in [1.54, 1.807) is 38.4 Å². The fourth-order valence-electron chi connectivity index (χ4n) is 4.11. The molecule has 4 rings (SSSR count). The molecular weight excluding hydrogens is 353 g/mol. The fraction of sp³-hybridized carbons (Fsp3) is 0.238. The minimum Gasteiger partial charge on any atom is -0.372 e. The lowest BCUT2D eigenvalue weighted by molar-refractivity contribution is -0.246. The number of rotatable bonds is 1. The number of hydrogen-bond donors (Lipinski definition) is 1. The molecule has 2 aromatic carbocycles. The second-order valence-corrected chi connectivity index (χ2v) is 6.88. The summed E-state index contributed by atoms with van der Waals surface area (Å²) in [6.07, 6.45) is -0.318. The van der Waals surface area contributed by atoms with Crippen LogP contribution in [0.1, 0.15) is 27.8 Å². The van der Waals surface area contributed by atoms with Crippen LogP contribution in [0.25, 0.3) is 22.3 Å². The lowest BCUT2D eigenvalue weighted by Gasteiger charge is -2.31. The summed E-state index contributed by atoms with van der Waals surface area (Å²) < 4.78 is 42.5. The molecule has 1 heterocycles. The third-order valence-corrected chi connectivity index (χ3v) is 5.58. The number of halogens is 3. The minimum absolute atomic E-state index is 0.0989. The quantitative estimate of drug-likeness (QED) is 0.666. The van der Waals surface area contributed by atoms with Gasteiger partial charge in [-0.3, -0.25) is 0 Å². The van der Waals surface area contributed by atoms with Gasteiger partial charge in [-0.1, -0.05) is 24.3 Å². The molecule has 0 saturated heterocycles. The van der Waals surface area contributed by atoms with Crippen LogP contribution in [-0.2, 0) is 5.60 Å². The summed E-state index contributed by atoms with van der Waals surface area (Å²) in [5, 5.41) is 11.0. The zero-order valence-corrected chi connectivity index (χ0v) is 15.0. The number of benzene rings is 2. The molecule has 27 heavy (non-hydrogen) atoms. The highest BCUT2D eigenvalue weighted by atomic mass is 19.4. The van der Waals surface area contributed by atoms with Crippen molar-refractivity contribution in [2.75, 3.05) is 0 Å². The van der Waals surface area contributed by atoms with Gasteiger partial charge in [-0.25, -0.2) is 9.97 Å². The largest absolute Gasteiger partial charge is 0.425 e. The van der Waals surface area contributed by atoms with Gasteiger partial charge in [0.25, 0.3) is 0 Å². The van der Waals surface area contributed by atoms with Crippen LogP contribution in [-0.4, -0.2) is 21.3 Å². The zero-order chi connectivity index (χ0) is 19.6.